The molecule has 2 aliphatic carbocycles. The van der Waals surface area contributed by atoms with Crippen LogP contribution >= 0.6 is 0 Å². The van der Waals surface area contributed by atoms with Gasteiger partial charge in [0.2, 0.25) is 21.7 Å². The number of oxime groups is 1. The number of carbonyl (C=O) groups is 1. The molecule has 3 aromatic carbocycles. The van der Waals surface area contributed by atoms with Crippen molar-refractivity contribution < 1.29 is 42.8 Å². The average Bonchev–Trinajstić information content (AvgIpc) is 3.19. The summed E-state index contributed by atoms with van der Waals surface area (Å²) in [6.45, 7) is 5.68. The lowest BCUT2D eigenvalue weighted by Crippen LogP contribution is -2.69. The van der Waals surface area contributed by atoms with Gasteiger partial charge in [-0.1, -0.05) is 60.5 Å². The Hall–Kier alpha value is -4.53. The van der Waals surface area contributed by atoms with Crippen LogP contribution in [0.3, 0.4) is 0 Å². The van der Waals surface area contributed by atoms with E-state index in [9.17, 15) is 28.5 Å². The number of nitrogens with one attached hydrogen (secondary N) is 1. The van der Waals surface area contributed by atoms with Gasteiger partial charge in [0.15, 0.2) is 0 Å². The Morgan fingerprint density at radius 3 is 2.43 bits per heavy atom. The van der Waals surface area contributed by atoms with Crippen molar-refractivity contribution in [3.63, 3.8) is 0 Å². The Balaban J connectivity index is 1.55. The van der Waals surface area contributed by atoms with Gasteiger partial charge in [-0.05, 0) is 91.1 Å². The highest BCUT2D eigenvalue weighted by molar-refractivity contribution is 7.89. The third kappa shape index (κ3) is 8.57. The van der Waals surface area contributed by atoms with Crippen molar-refractivity contribution in [2.45, 2.75) is 81.1 Å². The predicted octanol–water partition coefficient (Wildman–Crippen LogP) is 6.51. The van der Waals surface area contributed by atoms with Gasteiger partial charge in [-0.15, -0.1) is 6.58 Å². The molecule has 0 saturated heterocycles. The standard InChI is InChI=1S/C43H53N3O9S/c1-4-24-53-43-40(46(3)56(51,52)34-19-16-32(17-20-34)44-29(2)49)27-38(45-54-28-30-12-6-5-7-13-30)36-25-31(14-8-10-22-47)35(15-9-11-23-48)41(42(36)43)37-26-33(50)18-21-39(37)55-43/h4-7,12-13,16-21,25-26,31,35,40-42,47-48,50H,1,8-11,14-15,22-24,27-28H2,2-3H3,(H,44,49). The molecule has 300 valence electrons. The Morgan fingerprint density at radius 1 is 1.04 bits per heavy atom. The highest BCUT2D eigenvalue weighted by Gasteiger charge is 2.65. The van der Waals surface area contributed by atoms with Crippen molar-refractivity contribution in [3.8, 4) is 11.5 Å². The number of rotatable bonds is 18. The number of allylic oxidation sites excluding steroid dienone is 1. The summed E-state index contributed by atoms with van der Waals surface area (Å²) in [6, 6.07) is 19.7. The molecule has 6 rings (SSSR count). The van der Waals surface area contributed by atoms with Gasteiger partial charge in [-0.2, -0.15) is 4.31 Å². The van der Waals surface area contributed by atoms with E-state index < -0.39 is 27.8 Å². The fourth-order valence-electron chi connectivity index (χ4n) is 8.72. The Bertz CT molecular complexity index is 2000. The van der Waals surface area contributed by atoms with E-state index in [2.05, 4.69) is 18.0 Å². The zero-order chi connectivity index (χ0) is 39.9. The number of nitrogens with zero attached hydrogens (tertiary/aromatic N) is 2. The summed E-state index contributed by atoms with van der Waals surface area (Å²) in [4.78, 5) is 17.8. The van der Waals surface area contributed by atoms with Crippen molar-refractivity contribution in [2.24, 2.45) is 22.9 Å². The number of benzene rings is 3. The van der Waals surface area contributed by atoms with Gasteiger partial charge in [0.05, 0.1) is 29.2 Å². The Kier molecular flexibility index (Phi) is 13.3. The number of likely N-dealkylation sites (N-methyl/N-ethyl adjacent to an activating group) is 1. The first kappa shape index (κ1) is 41.1. The summed E-state index contributed by atoms with van der Waals surface area (Å²) >= 11 is 0. The number of anilines is 1. The molecule has 12 nitrogen and oxygen atoms in total. The van der Waals surface area contributed by atoms with E-state index in [0.29, 0.717) is 30.0 Å². The number of carbonyl (C=O) groups excluding carboxylic acids is 1. The van der Waals surface area contributed by atoms with E-state index >= 15 is 0 Å². The molecule has 0 spiro atoms. The maximum Gasteiger partial charge on any atom is 0.243 e. The van der Waals surface area contributed by atoms with Crippen LogP contribution in [0.1, 0.15) is 68.9 Å². The molecule has 0 bridgehead atoms. The normalized spacial score (nSPS) is 24.8. The van der Waals surface area contributed by atoms with Gasteiger partial charge in [-0.3, -0.25) is 4.79 Å². The van der Waals surface area contributed by atoms with Gasteiger partial charge >= 0.3 is 0 Å². The van der Waals surface area contributed by atoms with Crippen molar-refractivity contribution in [1.82, 2.24) is 4.31 Å². The van der Waals surface area contributed by atoms with E-state index in [1.54, 1.807) is 36.4 Å². The molecule has 1 saturated carbocycles. The first-order valence-corrected chi connectivity index (χ1v) is 20.8. The maximum absolute atomic E-state index is 14.7. The van der Waals surface area contributed by atoms with Gasteiger partial charge in [0.25, 0.3) is 0 Å². The number of phenols is 1. The molecular weight excluding hydrogens is 735 g/mol. The Morgan fingerprint density at radius 2 is 1.75 bits per heavy atom. The minimum absolute atomic E-state index is 0.0141. The lowest BCUT2D eigenvalue weighted by molar-refractivity contribution is -0.250. The van der Waals surface area contributed by atoms with E-state index in [-0.39, 0.29) is 67.2 Å². The summed E-state index contributed by atoms with van der Waals surface area (Å²) in [5.41, 5.74) is 3.56. The number of aromatic hydroxyl groups is 1. The number of aliphatic hydroxyl groups excluding tert-OH is 2. The van der Waals surface area contributed by atoms with Crippen LogP contribution in [0, 0.1) is 17.8 Å². The second-order valence-corrected chi connectivity index (χ2v) is 16.8. The molecule has 0 radical (unpaired) electrons. The summed E-state index contributed by atoms with van der Waals surface area (Å²) in [7, 11) is -2.71. The van der Waals surface area contributed by atoms with Crippen LogP contribution < -0.4 is 10.1 Å². The van der Waals surface area contributed by atoms with Crippen molar-refractivity contribution in [3.05, 3.63) is 108 Å². The summed E-state index contributed by atoms with van der Waals surface area (Å²) < 4.78 is 44.5. The molecular formula is C43H53N3O9S. The molecule has 13 heteroatoms. The van der Waals surface area contributed by atoms with Gasteiger partial charge in [0, 0.05) is 50.8 Å². The number of ether oxygens (including phenoxy) is 2. The van der Waals surface area contributed by atoms with E-state index in [1.165, 1.54) is 30.4 Å². The molecule has 1 amide bonds. The third-order valence-electron chi connectivity index (χ3n) is 11.2. The van der Waals surface area contributed by atoms with Crippen LogP contribution in [-0.4, -0.2) is 78.4 Å². The Labute approximate surface area is 329 Å². The van der Waals surface area contributed by atoms with Crippen molar-refractivity contribution >= 4 is 27.3 Å². The highest BCUT2D eigenvalue weighted by Crippen LogP contribution is 2.62. The summed E-state index contributed by atoms with van der Waals surface area (Å²) in [5.74, 6) is -2.26. The monoisotopic (exact) mass is 787 g/mol. The number of amides is 1. The largest absolute Gasteiger partial charge is 0.508 e. The van der Waals surface area contributed by atoms with Crippen LogP contribution in [-0.2, 0) is 31.0 Å². The number of hydrogen-bond donors (Lipinski definition) is 4. The molecule has 3 aliphatic rings. The molecule has 6 atom stereocenters. The molecule has 6 unspecified atom stereocenters. The zero-order valence-corrected chi connectivity index (χ0v) is 32.9. The first-order chi connectivity index (χ1) is 27.0. The molecule has 1 heterocycles. The number of hydrogen-bond acceptors (Lipinski definition) is 10. The van der Waals surface area contributed by atoms with Crippen LogP contribution in [0.2, 0.25) is 0 Å². The fourth-order valence-corrected chi connectivity index (χ4v) is 10.1. The second-order valence-electron chi connectivity index (χ2n) is 14.8. The summed E-state index contributed by atoms with van der Waals surface area (Å²) in [6.07, 6.45) is 8.19. The number of unbranched alkanes of at least 4 members (excludes halogenated alkanes) is 2. The second kappa shape index (κ2) is 18.2. The van der Waals surface area contributed by atoms with Crippen LogP contribution in [0.15, 0.2) is 107 Å². The SMILES string of the molecule is C=CCOC12Oc3ccc(O)cc3C3C(CCCCO)C(CCCCO)C=C(C(=NOCc4ccccc4)CC1N(C)S(=O)(=O)c1ccc(NC(C)=O)cc1)C32. The number of aliphatic hydroxyl groups is 2. The lowest BCUT2D eigenvalue weighted by atomic mass is 9.55. The molecule has 1 fully saturated rings. The van der Waals surface area contributed by atoms with E-state index in [0.717, 1.165) is 42.4 Å². The van der Waals surface area contributed by atoms with E-state index in [1.807, 2.05) is 30.3 Å². The number of sulfonamides is 1. The maximum atomic E-state index is 14.7. The van der Waals surface area contributed by atoms with Gasteiger partial charge in [-0.25, -0.2) is 8.42 Å². The molecule has 56 heavy (non-hydrogen) atoms. The topological polar surface area (TPSA) is 167 Å². The van der Waals surface area contributed by atoms with Crippen LogP contribution in [0.5, 0.6) is 11.5 Å². The molecule has 0 aromatic heterocycles. The predicted molar refractivity (Wildman–Crippen MR) is 214 cm³/mol. The van der Waals surface area contributed by atoms with Crippen molar-refractivity contribution in [1.29, 1.82) is 0 Å². The highest BCUT2D eigenvalue weighted by atomic mass is 32.2. The molecule has 3 aromatic rings. The zero-order valence-electron chi connectivity index (χ0n) is 32.0. The lowest BCUT2D eigenvalue weighted by Gasteiger charge is -2.59. The molecule has 4 N–H and O–H groups in total. The van der Waals surface area contributed by atoms with E-state index in [4.69, 9.17) is 19.5 Å². The van der Waals surface area contributed by atoms with Gasteiger partial charge < -0.3 is 34.9 Å². The van der Waals surface area contributed by atoms with Crippen molar-refractivity contribution in [2.75, 3.05) is 32.2 Å². The minimum atomic E-state index is -4.22. The smallest absolute Gasteiger partial charge is 0.243 e. The van der Waals surface area contributed by atoms with Crippen LogP contribution in [0.25, 0.3) is 0 Å². The first-order valence-electron chi connectivity index (χ1n) is 19.3. The van der Waals surface area contributed by atoms with Gasteiger partial charge in [0.1, 0.15) is 18.1 Å². The number of phenolic OH excluding ortho intramolecular Hbond substituents is 1. The van der Waals surface area contributed by atoms with Crippen LogP contribution in [0.4, 0.5) is 5.69 Å². The average molecular weight is 788 g/mol. The summed E-state index contributed by atoms with van der Waals surface area (Å²) in [5, 5.41) is 37.9. The minimum Gasteiger partial charge on any atom is -0.508 e. The quantitative estimate of drug-likeness (QED) is 0.0639. The molecule has 1 aliphatic heterocycles. The number of fused-ring (bicyclic) bond motifs is 2. The third-order valence-corrected chi connectivity index (χ3v) is 13.1. The fraction of sp³-hybridized carbons (Fsp3) is 0.442.